The van der Waals surface area contributed by atoms with Gasteiger partial charge in [0.1, 0.15) is 12.4 Å². The number of hydrogen-bond donors (Lipinski definition) is 1. The number of aliphatic hydroxyl groups is 1. The first-order valence-electron chi connectivity index (χ1n) is 5.44. The summed E-state index contributed by atoms with van der Waals surface area (Å²) in [5.41, 5.74) is 0.771. The predicted molar refractivity (Wildman–Crippen MR) is 64.9 cm³/mol. The van der Waals surface area contributed by atoms with Crippen molar-refractivity contribution in [1.29, 1.82) is 0 Å². The maximum Gasteiger partial charge on any atom is 0.129 e. The van der Waals surface area contributed by atoms with Gasteiger partial charge in [-0.15, -0.1) is 0 Å². The van der Waals surface area contributed by atoms with E-state index in [0.717, 1.165) is 0 Å². The summed E-state index contributed by atoms with van der Waals surface area (Å²) in [6, 6.07) is 4.72. The molecule has 0 saturated heterocycles. The van der Waals surface area contributed by atoms with E-state index in [1.807, 2.05) is 20.8 Å². The molecule has 0 unspecified atom stereocenters. The Morgan fingerprint density at radius 3 is 2.59 bits per heavy atom. The van der Waals surface area contributed by atoms with Gasteiger partial charge in [0.2, 0.25) is 0 Å². The molecule has 0 saturated carbocycles. The number of halogens is 1. The summed E-state index contributed by atoms with van der Waals surface area (Å²) >= 11 is 0. The molecular weight excluding hydrogens is 219 g/mol. The van der Waals surface area contributed by atoms with E-state index in [9.17, 15) is 4.39 Å². The van der Waals surface area contributed by atoms with Gasteiger partial charge in [0.15, 0.2) is 0 Å². The molecule has 2 nitrogen and oxygen atoms in total. The van der Waals surface area contributed by atoms with Crippen LogP contribution in [0.4, 0.5) is 4.39 Å². The zero-order valence-corrected chi connectivity index (χ0v) is 10.4. The third-order valence-electron chi connectivity index (χ3n) is 2.03. The zero-order valence-electron chi connectivity index (χ0n) is 10.4. The van der Waals surface area contributed by atoms with Crippen LogP contribution in [0.2, 0.25) is 0 Å². The molecule has 0 aliphatic heterocycles. The lowest BCUT2D eigenvalue weighted by molar-refractivity contribution is -0.0161. The highest BCUT2D eigenvalue weighted by atomic mass is 19.1. The van der Waals surface area contributed by atoms with E-state index >= 15 is 0 Å². The van der Waals surface area contributed by atoms with Gasteiger partial charge in [-0.25, -0.2) is 4.39 Å². The van der Waals surface area contributed by atoms with Crippen molar-refractivity contribution < 1.29 is 14.2 Å². The molecule has 92 valence electrons. The lowest BCUT2D eigenvalue weighted by Gasteiger charge is -2.19. The summed E-state index contributed by atoms with van der Waals surface area (Å²) in [4.78, 5) is 0. The van der Waals surface area contributed by atoms with Crippen molar-refractivity contribution in [3.05, 3.63) is 35.1 Å². The second-order valence-electron chi connectivity index (χ2n) is 4.67. The normalized spacial score (nSPS) is 10.9. The Kier molecular flexibility index (Phi) is 4.68. The number of benzene rings is 1. The van der Waals surface area contributed by atoms with Gasteiger partial charge < -0.3 is 9.84 Å². The van der Waals surface area contributed by atoms with Crippen molar-refractivity contribution in [2.75, 3.05) is 6.61 Å². The van der Waals surface area contributed by atoms with E-state index in [-0.39, 0.29) is 24.6 Å². The second-order valence-corrected chi connectivity index (χ2v) is 4.67. The molecule has 1 aromatic carbocycles. The molecule has 3 heteroatoms. The summed E-state index contributed by atoms with van der Waals surface area (Å²) in [6.45, 7) is 5.78. The van der Waals surface area contributed by atoms with Crippen LogP contribution < -0.4 is 0 Å². The van der Waals surface area contributed by atoms with E-state index in [1.54, 1.807) is 12.1 Å². The summed E-state index contributed by atoms with van der Waals surface area (Å²) in [7, 11) is 0. The van der Waals surface area contributed by atoms with Crippen LogP contribution in [-0.4, -0.2) is 17.3 Å². The molecule has 17 heavy (non-hydrogen) atoms. The number of ether oxygens (including phenoxy) is 1. The van der Waals surface area contributed by atoms with Crippen molar-refractivity contribution >= 4 is 0 Å². The van der Waals surface area contributed by atoms with Gasteiger partial charge in [-0.05, 0) is 32.9 Å². The standard InChI is InChI=1S/C14H17FO2/c1-14(2,3)17-10-12-7-6-11(5-4-8-16)9-13(12)15/h6-7,9,16H,8,10H2,1-3H3. The number of hydrogen-bond acceptors (Lipinski definition) is 2. The van der Waals surface area contributed by atoms with Crippen molar-refractivity contribution in [1.82, 2.24) is 0 Å². The van der Waals surface area contributed by atoms with Gasteiger partial charge in [0.05, 0.1) is 12.2 Å². The SMILES string of the molecule is CC(C)(C)OCc1ccc(C#CCO)cc1F. The molecule has 1 aromatic rings. The summed E-state index contributed by atoms with van der Waals surface area (Å²) in [5.74, 6) is 4.79. The lowest BCUT2D eigenvalue weighted by Crippen LogP contribution is -2.19. The van der Waals surface area contributed by atoms with E-state index in [2.05, 4.69) is 11.8 Å². The molecule has 0 amide bonds. The van der Waals surface area contributed by atoms with Crippen LogP contribution in [0.5, 0.6) is 0 Å². The predicted octanol–water partition coefficient (Wildman–Crippen LogP) is 2.48. The summed E-state index contributed by atoms with van der Waals surface area (Å²) in [6.07, 6.45) is 0. The van der Waals surface area contributed by atoms with Gasteiger partial charge in [0, 0.05) is 11.1 Å². The quantitative estimate of drug-likeness (QED) is 0.799. The first-order valence-corrected chi connectivity index (χ1v) is 5.44. The van der Waals surface area contributed by atoms with Crippen LogP contribution >= 0.6 is 0 Å². The molecule has 1 rings (SSSR count). The molecule has 0 aliphatic rings. The van der Waals surface area contributed by atoms with E-state index in [1.165, 1.54) is 6.07 Å². The maximum absolute atomic E-state index is 13.6. The minimum absolute atomic E-state index is 0.226. The van der Waals surface area contributed by atoms with Gasteiger partial charge >= 0.3 is 0 Å². The van der Waals surface area contributed by atoms with Crippen LogP contribution in [0, 0.1) is 17.7 Å². The third-order valence-corrected chi connectivity index (χ3v) is 2.03. The van der Waals surface area contributed by atoms with Gasteiger partial charge in [-0.2, -0.15) is 0 Å². The van der Waals surface area contributed by atoms with Crippen LogP contribution in [0.1, 0.15) is 31.9 Å². The highest BCUT2D eigenvalue weighted by Crippen LogP contribution is 2.15. The third kappa shape index (κ3) is 4.99. The Balaban J connectivity index is 2.76. The topological polar surface area (TPSA) is 29.5 Å². The van der Waals surface area contributed by atoms with Gasteiger partial charge in [-0.1, -0.05) is 17.9 Å². The number of rotatable bonds is 2. The van der Waals surface area contributed by atoms with E-state index < -0.39 is 0 Å². The molecule has 0 radical (unpaired) electrons. The second kappa shape index (κ2) is 5.81. The molecule has 0 aromatic heterocycles. The largest absolute Gasteiger partial charge is 0.384 e. The Morgan fingerprint density at radius 2 is 2.06 bits per heavy atom. The van der Waals surface area contributed by atoms with Crippen molar-refractivity contribution in [3.63, 3.8) is 0 Å². The van der Waals surface area contributed by atoms with Gasteiger partial charge in [0.25, 0.3) is 0 Å². The Hall–Kier alpha value is -1.37. The molecule has 0 atom stereocenters. The van der Waals surface area contributed by atoms with Crippen LogP contribution in [0.25, 0.3) is 0 Å². The maximum atomic E-state index is 13.6. The summed E-state index contributed by atoms with van der Waals surface area (Å²) in [5, 5.41) is 8.54. The van der Waals surface area contributed by atoms with E-state index in [4.69, 9.17) is 9.84 Å². The first-order chi connectivity index (χ1) is 7.92. The average Bonchev–Trinajstić information content (AvgIpc) is 2.23. The lowest BCUT2D eigenvalue weighted by atomic mass is 10.1. The monoisotopic (exact) mass is 236 g/mol. The smallest absolute Gasteiger partial charge is 0.129 e. The Morgan fingerprint density at radius 1 is 1.35 bits per heavy atom. The van der Waals surface area contributed by atoms with Gasteiger partial charge in [-0.3, -0.25) is 0 Å². The average molecular weight is 236 g/mol. The first kappa shape index (κ1) is 13.7. The minimum Gasteiger partial charge on any atom is -0.384 e. The van der Waals surface area contributed by atoms with Crippen LogP contribution in [0.3, 0.4) is 0 Å². The Bertz CT molecular complexity index is 436. The van der Waals surface area contributed by atoms with Crippen molar-refractivity contribution in [2.24, 2.45) is 0 Å². The Labute approximate surface area is 101 Å². The molecule has 0 aliphatic carbocycles. The fraction of sp³-hybridized carbons (Fsp3) is 0.429. The summed E-state index contributed by atoms with van der Waals surface area (Å²) < 4.78 is 19.1. The van der Waals surface area contributed by atoms with E-state index in [0.29, 0.717) is 11.1 Å². The van der Waals surface area contributed by atoms with Crippen molar-refractivity contribution in [2.45, 2.75) is 33.0 Å². The fourth-order valence-electron chi connectivity index (χ4n) is 1.18. The number of aliphatic hydroxyl groups excluding tert-OH is 1. The molecule has 1 N–H and O–H groups in total. The van der Waals surface area contributed by atoms with Crippen LogP contribution in [-0.2, 0) is 11.3 Å². The highest BCUT2D eigenvalue weighted by molar-refractivity contribution is 5.36. The molecule has 0 bridgehead atoms. The van der Waals surface area contributed by atoms with Crippen LogP contribution in [0.15, 0.2) is 18.2 Å². The molecular formula is C14H17FO2. The molecule has 0 fully saturated rings. The molecule has 0 spiro atoms. The zero-order chi connectivity index (χ0) is 12.9. The highest BCUT2D eigenvalue weighted by Gasteiger charge is 2.12. The minimum atomic E-state index is -0.334. The fourth-order valence-corrected chi connectivity index (χ4v) is 1.18. The van der Waals surface area contributed by atoms with Crippen molar-refractivity contribution in [3.8, 4) is 11.8 Å². The molecule has 0 heterocycles.